The second kappa shape index (κ2) is 4.87. The second-order valence-corrected chi connectivity index (χ2v) is 4.75. The SMILES string of the molecule is Nc1nc(Cl)nc(C2CCC(C(F)(F)F)CC2)n1. The summed E-state index contributed by atoms with van der Waals surface area (Å²) in [6, 6.07) is 0. The van der Waals surface area contributed by atoms with E-state index in [2.05, 4.69) is 15.0 Å². The number of hydrogen-bond donors (Lipinski definition) is 1. The second-order valence-electron chi connectivity index (χ2n) is 4.41. The number of hydrogen-bond acceptors (Lipinski definition) is 4. The molecule has 0 aromatic carbocycles. The van der Waals surface area contributed by atoms with Crippen LogP contribution in [-0.4, -0.2) is 21.1 Å². The molecule has 18 heavy (non-hydrogen) atoms. The summed E-state index contributed by atoms with van der Waals surface area (Å²) >= 11 is 5.65. The molecule has 0 atom stereocenters. The summed E-state index contributed by atoms with van der Waals surface area (Å²) < 4.78 is 37.6. The fourth-order valence-corrected chi connectivity index (χ4v) is 2.42. The third-order valence-corrected chi connectivity index (χ3v) is 3.37. The molecule has 0 spiro atoms. The number of anilines is 1. The molecule has 0 amide bonds. The maximum absolute atomic E-state index is 12.5. The predicted molar refractivity (Wildman–Crippen MR) is 60.0 cm³/mol. The van der Waals surface area contributed by atoms with Crippen molar-refractivity contribution in [3.63, 3.8) is 0 Å². The Bertz CT molecular complexity index is 409. The van der Waals surface area contributed by atoms with Crippen LogP contribution in [0.25, 0.3) is 0 Å². The minimum Gasteiger partial charge on any atom is -0.368 e. The number of rotatable bonds is 1. The van der Waals surface area contributed by atoms with Gasteiger partial charge in [-0.25, -0.2) is 4.98 Å². The van der Waals surface area contributed by atoms with Crippen LogP contribution >= 0.6 is 11.6 Å². The quantitative estimate of drug-likeness (QED) is 0.859. The lowest BCUT2D eigenvalue weighted by Crippen LogP contribution is -2.27. The third kappa shape index (κ3) is 3.01. The number of aromatic nitrogens is 3. The lowest BCUT2D eigenvalue weighted by molar-refractivity contribution is -0.182. The molecule has 1 fully saturated rings. The normalized spacial score (nSPS) is 25.1. The van der Waals surface area contributed by atoms with Gasteiger partial charge in [0.25, 0.3) is 0 Å². The van der Waals surface area contributed by atoms with Crippen LogP contribution in [0.15, 0.2) is 0 Å². The van der Waals surface area contributed by atoms with Crippen molar-refractivity contribution in [3.8, 4) is 0 Å². The summed E-state index contributed by atoms with van der Waals surface area (Å²) in [5.74, 6) is -0.939. The van der Waals surface area contributed by atoms with E-state index >= 15 is 0 Å². The average Bonchev–Trinajstić information content (AvgIpc) is 2.27. The Kier molecular flexibility index (Phi) is 3.61. The molecule has 0 aliphatic heterocycles. The summed E-state index contributed by atoms with van der Waals surface area (Å²) in [5, 5.41) is -0.0181. The average molecular weight is 281 g/mol. The zero-order chi connectivity index (χ0) is 13.3. The summed E-state index contributed by atoms with van der Waals surface area (Å²) in [4.78, 5) is 11.5. The Morgan fingerprint density at radius 2 is 1.67 bits per heavy atom. The Balaban J connectivity index is 2.05. The van der Waals surface area contributed by atoms with Crippen molar-refractivity contribution in [1.29, 1.82) is 0 Å². The molecule has 0 saturated heterocycles. The highest BCUT2D eigenvalue weighted by Crippen LogP contribution is 2.42. The van der Waals surface area contributed by atoms with E-state index in [4.69, 9.17) is 17.3 Å². The molecular formula is C10H12ClF3N4. The highest BCUT2D eigenvalue weighted by Gasteiger charge is 2.42. The van der Waals surface area contributed by atoms with Gasteiger partial charge in [0.1, 0.15) is 5.82 Å². The number of nitrogen functional groups attached to an aromatic ring is 1. The van der Waals surface area contributed by atoms with Crippen molar-refractivity contribution >= 4 is 17.5 Å². The van der Waals surface area contributed by atoms with Gasteiger partial charge < -0.3 is 5.73 Å². The van der Waals surface area contributed by atoms with Crippen molar-refractivity contribution in [1.82, 2.24) is 15.0 Å². The van der Waals surface area contributed by atoms with Gasteiger partial charge in [-0.2, -0.15) is 23.1 Å². The van der Waals surface area contributed by atoms with Gasteiger partial charge in [0.15, 0.2) is 0 Å². The van der Waals surface area contributed by atoms with E-state index in [1.807, 2.05) is 0 Å². The third-order valence-electron chi connectivity index (χ3n) is 3.20. The maximum atomic E-state index is 12.5. The Hall–Kier alpha value is -1.11. The van der Waals surface area contributed by atoms with Crippen molar-refractivity contribution in [3.05, 3.63) is 11.1 Å². The van der Waals surface area contributed by atoms with Gasteiger partial charge in [-0.1, -0.05) is 0 Å². The molecule has 1 saturated carbocycles. The summed E-state index contributed by atoms with van der Waals surface area (Å²) in [6.45, 7) is 0. The van der Waals surface area contributed by atoms with Crippen LogP contribution in [0.5, 0.6) is 0 Å². The summed E-state index contributed by atoms with van der Waals surface area (Å²) in [5.41, 5.74) is 5.44. The number of halogens is 4. The molecule has 1 aliphatic rings. The zero-order valence-corrected chi connectivity index (χ0v) is 10.2. The minimum atomic E-state index is -4.11. The predicted octanol–water partition coefficient (Wildman–Crippen LogP) is 2.94. The van der Waals surface area contributed by atoms with Gasteiger partial charge in [-0.15, -0.1) is 0 Å². The van der Waals surface area contributed by atoms with Gasteiger partial charge in [-0.05, 0) is 37.3 Å². The molecule has 8 heteroatoms. The molecule has 2 rings (SSSR count). The number of nitrogens with two attached hydrogens (primary N) is 1. The van der Waals surface area contributed by atoms with Crippen LogP contribution in [-0.2, 0) is 0 Å². The topological polar surface area (TPSA) is 64.7 Å². The van der Waals surface area contributed by atoms with E-state index in [0.717, 1.165) is 0 Å². The van der Waals surface area contributed by atoms with E-state index in [9.17, 15) is 13.2 Å². The summed E-state index contributed by atoms with van der Waals surface area (Å²) in [6.07, 6.45) is -3.14. The molecule has 1 aromatic rings. The van der Waals surface area contributed by atoms with Gasteiger partial charge in [0.05, 0.1) is 5.92 Å². The van der Waals surface area contributed by atoms with Gasteiger partial charge >= 0.3 is 6.18 Å². The molecule has 0 radical (unpaired) electrons. The molecule has 1 aliphatic carbocycles. The molecule has 0 bridgehead atoms. The molecule has 100 valence electrons. The Labute approximate surface area is 107 Å². The lowest BCUT2D eigenvalue weighted by Gasteiger charge is -2.28. The van der Waals surface area contributed by atoms with Crippen LogP contribution in [0.3, 0.4) is 0 Å². The van der Waals surface area contributed by atoms with Gasteiger partial charge in [0.2, 0.25) is 11.2 Å². The van der Waals surface area contributed by atoms with Crippen LogP contribution in [0.2, 0.25) is 5.28 Å². The highest BCUT2D eigenvalue weighted by molar-refractivity contribution is 6.28. The molecular weight excluding hydrogens is 269 g/mol. The van der Waals surface area contributed by atoms with Crippen LogP contribution in [0.4, 0.5) is 19.1 Å². The van der Waals surface area contributed by atoms with Gasteiger partial charge in [0, 0.05) is 5.92 Å². The van der Waals surface area contributed by atoms with Crippen molar-refractivity contribution in [2.45, 2.75) is 37.8 Å². The standard InChI is InChI=1S/C10H12ClF3N4/c11-8-16-7(17-9(15)18-8)5-1-3-6(4-2-5)10(12,13)14/h5-6H,1-4H2,(H2,15,16,17,18). The maximum Gasteiger partial charge on any atom is 0.391 e. The van der Waals surface area contributed by atoms with E-state index in [0.29, 0.717) is 18.7 Å². The first kappa shape index (κ1) is 13.3. The number of nitrogens with zero attached hydrogens (tertiary/aromatic N) is 3. The molecule has 2 N–H and O–H groups in total. The van der Waals surface area contributed by atoms with Crippen molar-refractivity contribution in [2.75, 3.05) is 5.73 Å². The van der Waals surface area contributed by atoms with Crippen molar-refractivity contribution < 1.29 is 13.2 Å². The van der Waals surface area contributed by atoms with Crippen molar-refractivity contribution in [2.24, 2.45) is 5.92 Å². The van der Waals surface area contributed by atoms with E-state index in [-0.39, 0.29) is 30.0 Å². The monoisotopic (exact) mass is 280 g/mol. The highest BCUT2D eigenvalue weighted by atomic mass is 35.5. The minimum absolute atomic E-state index is 0.00273. The smallest absolute Gasteiger partial charge is 0.368 e. The Morgan fingerprint density at radius 3 is 2.17 bits per heavy atom. The van der Waals surface area contributed by atoms with E-state index in [1.54, 1.807) is 0 Å². The van der Waals surface area contributed by atoms with Gasteiger partial charge in [-0.3, -0.25) is 0 Å². The molecule has 1 aromatic heterocycles. The van der Waals surface area contributed by atoms with E-state index in [1.165, 1.54) is 0 Å². The van der Waals surface area contributed by atoms with Crippen LogP contribution < -0.4 is 5.73 Å². The fraction of sp³-hybridized carbons (Fsp3) is 0.700. The first-order valence-electron chi connectivity index (χ1n) is 5.60. The fourth-order valence-electron chi connectivity index (χ4n) is 2.24. The number of alkyl halides is 3. The Morgan fingerprint density at radius 1 is 1.06 bits per heavy atom. The molecule has 1 heterocycles. The van der Waals surface area contributed by atoms with Crippen LogP contribution in [0.1, 0.15) is 37.4 Å². The zero-order valence-electron chi connectivity index (χ0n) is 9.41. The largest absolute Gasteiger partial charge is 0.391 e. The van der Waals surface area contributed by atoms with Crippen LogP contribution in [0, 0.1) is 5.92 Å². The lowest BCUT2D eigenvalue weighted by atomic mass is 9.81. The summed E-state index contributed by atoms with van der Waals surface area (Å²) in [7, 11) is 0. The van der Waals surface area contributed by atoms with E-state index < -0.39 is 12.1 Å². The first-order chi connectivity index (χ1) is 8.36. The molecule has 0 unspecified atom stereocenters. The first-order valence-corrected chi connectivity index (χ1v) is 5.97. The molecule has 4 nitrogen and oxygen atoms in total.